The van der Waals surface area contributed by atoms with E-state index in [2.05, 4.69) is 20.9 Å². The standard InChI is InChI=1S/C17H30N8O9/c18-5-11(27)23-8(2-1-3-21-17(19)20)15(32)25-9(4-13(29)30)14(31)22-6-12(28)24-10(7-26)16(33)34/h8-10,26H,1-7,18H2,(H,22,31)(H,23,27)(H,24,28)(H,25,32)(H,29,30)(H,33,34)(H4,19,20,21)/t8-,9-,10-/m0/s1. The molecule has 0 spiro atoms. The normalized spacial score (nSPS) is 12.9. The molecule has 0 bridgehead atoms. The van der Waals surface area contributed by atoms with Crippen molar-refractivity contribution >= 4 is 41.5 Å². The molecule has 3 atom stereocenters. The number of hydrogen-bond donors (Lipinski definition) is 10. The summed E-state index contributed by atoms with van der Waals surface area (Å²) in [6.45, 7) is -1.97. The van der Waals surface area contributed by atoms with E-state index in [1.165, 1.54) is 0 Å². The minimum absolute atomic E-state index is 0.0237. The van der Waals surface area contributed by atoms with Gasteiger partial charge < -0.3 is 53.8 Å². The maximum Gasteiger partial charge on any atom is 0.328 e. The number of hydrogen-bond acceptors (Lipinski definition) is 9. The van der Waals surface area contributed by atoms with Crippen LogP contribution in [0.25, 0.3) is 0 Å². The Balaban J connectivity index is 5.19. The largest absolute Gasteiger partial charge is 0.481 e. The van der Waals surface area contributed by atoms with Crippen molar-refractivity contribution in [2.24, 2.45) is 22.2 Å². The lowest BCUT2D eigenvalue weighted by atomic mass is 10.1. The summed E-state index contributed by atoms with van der Waals surface area (Å²) in [6, 6.07) is -4.44. The zero-order valence-electron chi connectivity index (χ0n) is 18.2. The van der Waals surface area contributed by atoms with Crippen LogP contribution in [0.15, 0.2) is 4.99 Å². The average molecular weight is 490 g/mol. The first-order valence-electron chi connectivity index (χ1n) is 9.88. The van der Waals surface area contributed by atoms with Gasteiger partial charge in [0.25, 0.3) is 0 Å². The van der Waals surface area contributed by atoms with Gasteiger partial charge in [-0.3, -0.25) is 29.0 Å². The molecule has 0 fully saturated rings. The summed E-state index contributed by atoms with van der Waals surface area (Å²) in [6.07, 6.45) is -0.596. The zero-order chi connectivity index (χ0) is 26.3. The van der Waals surface area contributed by atoms with Crippen molar-refractivity contribution in [3.63, 3.8) is 0 Å². The molecule has 0 saturated carbocycles. The second-order valence-corrected chi connectivity index (χ2v) is 6.79. The predicted molar refractivity (Wildman–Crippen MR) is 115 cm³/mol. The minimum Gasteiger partial charge on any atom is -0.481 e. The maximum absolute atomic E-state index is 12.6. The molecule has 17 heteroatoms. The highest BCUT2D eigenvalue weighted by Crippen LogP contribution is 2.02. The molecule has 0 aliphatic heterocycles. The zero-order valence-corrected chi connectivity index (χ0v) is 18.2. The third kappa shape index (κ3) is 12.8. The molecule has 0 aromatic carbocycles. The number of amides is 4. The number of rotatable bonds is 16. The average Bonchev–Trinajstić information content (AvgIpc) is 2.76. The smallest absolute Gasteiger partial charge is 0.328 e. The number of nitrogens with one attached hydrogen (secondary N) is 4. The molecule has 0 rings (SSSR count). The SMILES string of the molecule is NCC(=O)N[C@@H](CCCN=C(N)N)C(=O)N[C@@H](CC(=O)O)C(=O)NCC(=O)N[C@@H](CO)C(=O)O. The fourth-order valence-electron chi connectivity index (χ4n) is 2.40. The predicted octanol–water partition coefficient (Wildman–Crippen LogP) is -5.88. The summed E-state index contributed by atoms with van der Waals surface area (Å²) in [5.74, 6) is -6.77. The minimum atomic E-state index is -1.64. The molecule has 0 heterocycles. The Morgan fingerprint density at radius 1 is 0.853 bits per heavy atom. The second-order valence-electron chi connectivity index (χ2n) is 6.79. The van der Waals surface area contributed by atoms with Crippen molar-refractivity contribution < 1.29 is 44.1 Å². The molecule has 0 aliphatic carbocycles. The summed E-state index contributed by atoms with van der Waals surface area (Å²) in [7, 11) is 0. The van der Waals surface area contributed by atoms with E-state index in [1.54, 1.807) is 0 Å². The highest BCUT2D eigenvalue weighted by Gasteiger charge is 2.28. The molecule has 34 heavy (non-hydrogen) atoms. The number of nitrogens with zero attached hydrogens (tertiary/aromatic N) is 1. The van der Waals surface area contributed by atoms with Crippen LogP contribution in [0.2, 0.25) is 0 Å². The highest BCUT2D eigenvalue weighted by molar-refractivity contribution is 5.95. The van der Waals surface area contributed by atoms with Crippen molar-refractivity contribution in [2.75, 3.05) is 26.2 Å². The van der Waals surface area contributed by atoms with Crippen LogP contribution in [0.3, 0.4) is 0 Å². The number of carbonyl (C=O) groups excluding carboxylic acids is 4. The van der Waals surface area contributed by atoms with Gasteiger partial charge in [-0.05, 0) is 12.8 Å². The van der Waals surface area contributed by atoms with Gasteiger partial charge in [0.1, 0.15) is 18.1 Å². The fraction of sp³-hybridized carbons (Fsp3) is 0.588. The van der Waals surface area contributed by atoms with E-state index in [0.717, 1.165) is 0 Å². The Morgan fingerprint density at radius 3 is 1.97 bits per heavy atom. The van der Waals surface area contributed by atoms with E-state index in [0.29, 0.717) is 0 Å². The Morgan fingerprint density at radius 2 is 1.47 bits per heavy atom. The quantitative estimate of drug-likeness (QED) is 0.0549. The van der Waals surface area contributed by atoms with Crippen LogP contribution < -0.4 is 38.5 Å². The number of carboxylic acids is 2. The Bertz CT molecular complexity index is 785. The number of carbonyl (C=O) groups is 6. The third-order valence-corrected chi connectivity index (χ3v) is 4.03. The topological polar surface area (TPSA) is 302 Å². The van der Waals surface area contributed by atoms with Crippen molar-refractivity contribution in [3.8, 4) is 0 Å². The first-order valence-corrected chi connectivity index (χ1v) is 9.88. The van der Waals surface area contributed by atoms with Crippen LogP contribution >= 0.6 is 0 Å². The van der Waals surface area contributed by atoms with Crippen molar-refractivity contribution in [2.45, 2.75) is 37.4 Å². The highest BCUT2D eigenvalue weighted by atomic mass is 16.4. The van der Waals surface area contributed by atoms with Crippen LogP contribution in [0.1, 0.15) is 19.3 Å². The third-order valence-electron chi connectivity index (χ3n) is 4.03. The number of nitrogens with two attached hydrogens (primary N) is 3. The molecule has 13 N–H and O–H groups in total. The van der Waals surface area contributed by atoms with E-state index in [-0.39, 0.29) is 25.3 Å². The first kappa shape index (κ1) is 30.0. The van der Waals surface area contributed by atoms with Gasteiger partial charge in [0.05, 0.1) is 26.1 Å². The molecule has 17 nitrogen and oxygen atoms in total. The lowest BCUT2D eigenvalue weighted by molar-refractivity contribution is -0.143. The lowest BCUT2D eigenvalue weighted by Gasteiger charge is -2.22. The molecule has 0 saturated heterocycles. The van der Waals surface area contributed by atoms with E-state index in [9.17, 15) is 28.8 Å². The Kier molecular flexibility index (Phi) is 13.9. The Hall–Kier alpha value is -3.99. The lowest BCUT2D eigenvalue weighted by Crippen LogP contribution is -2.56. The molecule has 4 amide bonds. The summed E-state index contributed by atoms with van der Waals surface area (Å²) < 4.78 is 0. The van der Waals surface area contributed by atoms with Gasteiger partial charge in [0.2, 0.25) is 23.6 Å². The van der Waals surface area contributed by atoms with Crippen molar-refractivity contribution in [1.82, 2.24) is 21.3 Å². The van der Waals surface area contributed by atoms with Gasteiger partial charge in [0, 0.05) is 6.54 Å². The van der Waals surface area contributed by atoms with Gasteiger partial charge in [-0.15, -0.1) is 0 Å². The van der Waals surface area contributed by atoms with Gasteiger partial charge >= 0.3 is 11.9 Å². The van der Waals surface area contributed by atoms with Gasteiger partial charge in [-0.2, -0.15) is 0 Å². The van der Waals surface area contributed by atoms with Crippen molar-refractivity contribution in [1.29, 1.82) is 0 Å². The maximum atomic E-state index is 12.6. The van der Waals surface area contributed by atoms with Crippen LogP contribution in [0.5, 0.6) is 0 Å². The summed E-state index contributed by atoms with van der Waals surface area (Å²) in [5.41, 5.74) is 15.6. The number of aliphatic imine (C=N–C) groups is 1. The van der Waals surface area contributed by atoms with Crippen LogP contribution in [-0.4, -0.2) is 101 Å². The number of aliphatic carboxylic acids is 2. The Labute approximate surface area is 193 Å². The molecule has 192 valence electrons. The van der Waals surface area contributed by atoms with E-state index >= 15 is 0 Å². The fourth-order valence-corrected chi connectivity index (χ4v) is 2.40. The van der Waals surface area contributed by atoms with Crippen LogP contribution in [0.4, 0.5) is 0 Å². The number of carboxylic acid groups (broad SMARTS) is 2. The van der Waals surface area contributed by atoms with Crippen LogP contribution in [-0.2, 0) is 28.8 Å². The number of guanidine groups is 1. The molecule has 0 aromatic rings. The van der Waals surface area contributed by atoms with Gasteiger partial charge in [-0.25, -0.2) is 4.79 Å². The molecular weight excluding hydrogens is 460 g/mol. The molecule has 0 aromatic heterocycles. The first-order chi connectivity index (χ1) is 15.9. The molecular formula is C17H30N8O9. The van der Waals surface area contributed by atoms with Crippen LogP contribution in [0, 0.1) is 0 Å². The van der Waals surface area contributed by atoms with Gasteiger partial charge in [-0.1, -0.05) is 0 Å². The monoisotopic (exact) mass is 490 g/mol. The second kappa shape index (κ2) is 15.8. The molecule has 0 aliphatic rings. The van der Waals surface area contributed by atoms with Gasteiger partial charge in [0.15, 0.2) is 5.96 Å². The number of aliphatic hydroxyl groups is 1. The van der Waals surface area contributed by atoms with Crippen molar-refractivity contribution in [3.05, 3.63) is 0 Å². The molecule has 0 radical (unpaired) electrons. The summed E-state index contributed by atoms with van der Waals surface area (Å²) in [4.78, 5) is 74.1. The summed E-state index contributed by atoms with van der Waals surface area (Å²) >= 11 is 0. The molecule has 0 unspecified atom stereocenters. The van der Waals surface area contributed by atoms with E-state index in [1.807, 2.05) is 5.32 Å². The summed E-state index contributed by atoms with van der Waals surface area (Å²) in [5, 5.41) is 35.2. The van der Waals surface area contributed by atoms with E-state index in [4.69, 9.17) is 32.5 Å². The number of aliphatic hydroxyl groups excluding tert-OH is 1. The van der Waals surface area contributed by atoms with E-state index < -0.39 is 79.8 Å².